The van der Waals surface area contributed by atoms with Crippen LogP contribution in [0.3, 0.4) is 0 Å². The third kappa shape index (κ3) is 3.81. The van der Waals surface area contributed by atoms with Crippen molar-refractivity contribution in [2.45, 2.75) is 11.3 Å². The first kappa shape index (κ1) is 18.2. The Balaban J connectivity index is 1.77. The minimum atomic E-state index is -3.70. The van der Waals surface area contributed by atoms with Gasteiger partial charge in [0.05, 0.1) is 4.92 Å². The number of halogens is 1. The molecule has 0 bridgehead atoms. The van der Waals surface area contributed by atoms with Crippen molar-refractivity contribution in [2.24, 2.45) is 0 Å². The summed E-state index contributed by atoms with van der Waals surface area (Å²) in [6, 6.07) is 9.59. The van der Waals surface area contributed by atoms with Gasteiger partial charge in [-0.25, -0.2) is 8.42 Å². The van der Waals surface area contributed by atoms with Crippen molar-refractivity contribution in [3.8, 4) is 0 Å². The molecule has 136 valence electrons. The Morgan fingerprint density at radius 3 is 2.69 bits per heavy atom. The highest BCUT2D eigenvalue weighted by Crippen LogP contribution is 2.27. The van der Waals surface area contributed by atoms with Gasteiger partial charge in [0.1, 0.15) is 4.90 Å². The van der Waals surface area contributed by atoms with Gasteiger partial charge in [0.25, 0.3) is 5.69 Å². The van der Waals surface area contributed by atoms with E-state index in [4.69, 9.17) is 11.6 Å². The topological polar surface area (TPSA) is 105 Å². The van der Waals surface area contributed by atoms with Crippen LogP contribution in [0.5, 0.6) is 0 Å². The maximum absolute atomic E-state index is 11.8. The first-order chi connectivity index (χ1) is 12.3. The van der Waals surface area contributed by atoms with E-state index in [0.29, 0.717) is 23.7 Å². The van der Waals surface area contributed by atoms with Gasteiger partial charge in [-0.15, -0.1) is 0 Å². The third-order valence-electron chi connectivity index (χ3n) is 4.01. The molecule has 0 spiro atoms. The van der Waals surface area contributed by atoms with Gasteiger partial charge < -0.3 is 10.3 Å². The molecule has 0 fully saturated rings. The second-order valence-electron chi connectivity index (χ2n) is 5.89. The van der Waals surface area contributed by atoms with Crippen molar-refractivity contribution in [3.63, 3.8) is 0 Å². The Morgan fingerprint density at radius 2 is 2.00 bits per heavy atom. The van der Waals surface area contributed by atoms with Gasteiger partial charge in [-0.3, -0.25) is 10.1 Å². The normalized spacial score (nSPS) is 11.6. The van der Waals surface area contributed by atoms with Crippen molar-refractivity contribution in [2.75, 3.05) is 18.1 Å². The maximum atomic E-state index is 11.8. The molecule has 2 aromatic carbocycles. The largest absolute Gasteiger partial charge is 0.385 e. The fourth-order valence-corrected chi connectivity index (χ4v) is 3.81. The SMILES string of the molecule is CS(=O)(=O)c1cc(NCCc2c[nH]c3ccc(Cl)cc23)ccc1[N+](=O)[O-]. The number of nitrogens with one attached hydrogen (secondary N) is 2. The van der Waals surface area contributed by atoms with Crippen molar-refractivity contribution in [1.82, 2.24) is 4.98 Å². The molecule has 0 atom stereocenters. The summed E-state index contributed by atoms with van der Waals surface area (Å²) in [4.78, 5) is 13.2. The zero-order chi connectivity index (χ0) is 18.9. The van der Waals surface area contributed by atoms with Crippen LogP contribution in [0.4, 0.5) is 11.4 Å². The summed E-state index contributed by atoms with van der Waals surface area (Å²) in [6.07, 6.45) is 3.53. The van der Waals surface area contributed by atoms with Gasteiger partial charge in [0.2, 0.25) is 0 Å². The second kappa shape index (κ2) is 6.97. The quantitative estimate of drug-likeness (QED) is 0.489. The van der Waals surface area contributed by atoms with Crippen LogP contribution in [-0.4, -0.2) is 31.1 Å². The molecule has 0 unspecified atom stereocenters. The van der Waals surface area contributed by atoms with E-state index in [0.717, 1.165) is 22.7 Å². The van der Waals surface area contributed by atoms with Gasteiger partial charge in [0.15, 0.2) is 9.84 Å². The van der Waals surface area contributed by atoms with E-state index in [-0.39, 0.29) is 4.90 Å². The van der Waals surface area contributed by atoms with E-state index < -0.39 is 20.4 Å². The second-order valence-corrected chi connectivity index (χ2v) is 8.31. The van der Waals surface area contributed by atoms with Crippen LogP contribution < -0.4 is 5.32 Å². The number of aromatic amines is 1. The molecule has 0 aliphatic carbocycles. The highest BCUT2D eigenvalue weighted by atomic mass is 35.5. The number of nitro benzene ring substituents is 1. The van der Waals surface area contributed by atoms with Crippen molar-refractivity contribution in [3.05, 3.63) is 63.3 Å². The molecule has 0 aliphatic rings. The lowest BCUT2D eigenvalue weighted by Gasteiger charge is -2.08. The molecular formula is C17H16ClN3O4S. The number of nitro groups is 1. The summed E-state index contributed by atoms with van der Waals surface area (Å²) in [5.74, 6) is 0. The van der Waals surface area contributed by atoms with Crippen LogP contribution in [-0.2, 0) is 16.3 Å². The predicted octanol–water partition coefficient (Wildman–Crippen LogP) is 3.79. The molecule has 3 aromatic rings. The fourth-order valence-electron chi connectivity index (χ4n) is 2.77. The molecule has 0 radical (unpaired) electrons. The van der Waals surface area contributed by atoms with Gasteiger partial charge in [-0.05, 0) is 42.3 Å². The van der Waals surface area contributed by atoms with E-state index in [1.165, 1.54) is 18.2 Å². The average Bonchev–Trinajstić information content (AvgIpc) is 2.96. The maximum Gasteiger partial charge on any atom is 0.288 e. The highest BCUT2D eigenvalue weighted by Gasteiger charge is 2.22. The van der Waals surface area contributed by atoms with Crippen molar-refractivity contribution < 1.29 is 13.3 Å². The van der Waals surface area contributed by atoms with Crippen molar-refractivity contribution >= 4 is 43.7 Å². The molecule has 7 nitrogen and oxygen atoms in total. The zero-order valence-electron chi connectivity index (χ0n) is 13.8. The highest BCUT2D eigenvalue weighted by molar-refractivity contribution is 7.90. The Morgan fingerprint density at radius 1 is 1.23 bits per heavy atom. The lowest BCUT2D eigenvalue weighted by molar-refractivity contribution is -0.387. The molecule has 0 amide bonds. The summed E-state index contributed by atoms with van der Waals surface area (Å²) >= 11 is 6.04. The number of hydrogen-bond acceptors (Lipinski definition) is 5. The van der Waals surface area contributed by atoms with E-state index in [1.807, 2.05) is 24.4 Å². The summed E-state index contributed by atoms with van der Waals surface area (Å²) < 4.78 is 23.6. The fraction of sp³-hybridized carbons (Fsp3) is 0.176. The lowest BCUT2D eigenvalue weighted by Crippen LogP contribution is -2.07. The van der Waals surface area contributed by atoms with Gasteiger partial charge >= 0.3 is 0 Å². The molecular weight excluding hydrogens is 378 g/mol. The van der Waals surface area contributed by atoms with Crippen LogP contribution >= 0.6 is 11.6 Å². The lowest BCUT2D eigenvalue weighted by atomic mass is 10.1. The molecule has 0 aliphatic heterocycles. The number of benzene rings is 2. The van der Waals surface area contributed by atoms with Gasteiger partial charge in [-0.2, -0.15) is 0 Å². The molecule has 0 saturated heterocycles. The van der Waals surface area contributed by atoms with Crippen LogP contribution in [0.1, 0.15) is 5.56 Å². The Kier molecular flexibility index (Phi) is 4.88. The summed E-state index contributed by atoms with van der Waals surface area (Å²) in [5.41, 5.74) is 2.14. The standard InChI is InChI=1S/C17H16ClN3O4S/c1-26(24,25)17-9-13(3-5-16(17)21(22)23)19-7-6-11-10-20-15-4-2-12(18)8-14(11)15/h2-5,8-10,19-20H,6-7H2,1H3. The Bertz CT molecular complexity index is 1090. The molecule has 1 heterocycles. The average molecular weight is 394 g/mol. The molecule has 9 heteroatoms. The van der Waals surface area contributed by atoms with E-state index in [9.17, 15) is 18.5 Å². The van der Waals surface area contributed by atoms with Crippen molar-refractivity contribution in [1.29, 1.82) is 0 Å². The number of sulfone groups is 1. The monoisotopic (exact) mass is 393 g/mol. The molecule has 3 rings (SSSR count). The van der Waals surface area contributed by atoms with E-state index in [1.54, 1.807) is 0 Å². The summed E-state index contributed by atoms with van der Waals surface area (Å²) in [7, 11) is -3.70. The molecule has 26 heavy (non-hydrogen) atoms. The number of rotatable bonds is 6. The first-order valence-electron chi connectivity index (χ1n) is 7.73. The third-order valence-corrected chi connectivity index (χ3v) is 5.37. The van der Waals surface area contributed by atoms with Gasteiger partial charge in [-0.1, -0.05) is 11.6 Å². The van der Waals surface area contributed by atoms with Crippen LogP contribution in [0, 0.1) is 10.1 Å². The number of fused-ring (bicyclic) bond motifs is 1. The molecule has 2 N–H and O–H groups in total. The number of H-pyrrole nitrogens is 1. The van der Waals surface area contributed by atoms with Gasteiger partial charge in [0, 0.05) is 46.7 Å². The number of aromatic nitrogens is 1. The first-order valence-corrected chi connectivity index (χ1v) is 10.0. The molecule has 0 saturated carbocycles. The molecule has 1 aromatic heterocycles. The number of nitrogens with zero attached hydrogens (tertiary/aromatic N) is 1. The van der Waals surface area contributed by atoms with Crippen LogP contribution in [0.15, 0.2) is 47.5 Å². The van der Waals surface area contributed by atoms with E-state index in [2.05, 4.69) is 10.3 Å². The van der Waals surface area contributed by atoms with Crippen LogP contribution in [0.2, 0.25) is 5.02 Å². The number of hydrogen-bond donors (Lipinski definition) is 2. The Hall–Kier alpha value is -2.58. The number of anilines is 1. The summed E-state index contributed by atoms with van der Waals surface area (Å²) in [6.45, 7) is 0.528. The zero-order valence-corrected chi connectivity index (χ0v) is 15.4. The summed E-state index contributed by atoms with van der Waals surface area (Å²) in [5, 5.41) is 15.8. The van der Waals surface area contributed by atoms with E-state index >= 15 is 0 Å². The Labute approximate surface area is 155 Å². The van der Waals surface area contributed by atoms with Crippen LogP contribution in [0.25, 0.3) is 10.9 Å². The smallest absolute Gasteiger partial charge is 0.288 e. The minimum Gasteiger partial charge on any atom is -0.385 e. The minimum absolute atomic E-state index is 0.300. The predicted molar refractivity (Wildman–Crippen MR) is 102 cm³/mol.